The molecule has 0 aliphatic heterocycles. The van der Waals surface area contributed by atoms with Gasteiger partial charge in [0.25, 0.3) is 5.91 Å². The molecule has 10 nitrogen and oxygen atoms in total. The van der Waals surface area contributed by atoms with E-state index in [9.17, 15) is 19.7 Å². The number of aryl methyl sites for hydroxylation is 1. The second-order valence-electron chi connectivity index (χ2n) is 6.35. The summed E-state index contributed by atoms with van der Waals surface area (Å²) in [5.41, 5.74) is 4.74. The maximum Gasteiger partial charge on any atom is 0.310 e. The lowest BCUT2D eigenvalue weighted by molar-refractivity contribution is -0.385. The monoisotopic (exact) mass is 478 g/mol. The summed E-state index contributed by atoms with van der Waals surface area (Å²) >= 11 is 12.0. The van der Waals surface area contributed by atoms with Gasteiger partial charge in [0, 0.05) is 29.5 Å². The quantitative estimate of drug-likeness (QED) is 0.371. The molecule has 0 saturated carbocycles. The molecule has 166 valence electrons. The number of hydrogen-bond donors (Lipinski definition) is 2. The molecule has 0 fully saturated rings. The zero-order valence-corrected chi connectivity index (χ0v) is 17.9. The van der Waals surface area contributed by atoms with Gasteiger partial charge >= 0.3 is 5.69 Å². The molecule has 3 rings (SSSR count). The zero-order chi connectivity index (χ0) is 23.1. The van der Waals surface area contributed by atoms with Gasteiger partial charge in [-0.3, -0.25) is 30.6 Å². The molecule has 3 aromatic rings. The number of carbonyl (C=O) groups is 2. The number of nitrogens with zero attached hydrogens (tertiary/aromatic N) is 2. The minimum absolute atomic E-state index is 0.0143. The highest BCUT2D eigenvalue weighted by Crippen LogP contribution is 2.31. The molecule has 0 spiro atoms. The Hall–Kier alpha value is -3.63. The molecular formula is C20H16Cl2N4O6. The number of hydrogen-bond acceptors (Lipinski definition) is 7. The van der Waals surface area contributed by atoms with Crippen molar-refractivity contribution in [2.45, 2.75) is 12.8 Å². The summed E-state index contributed by atoms with van der Waals surface area (Å²) in [7, 11) is 0. The molecule has 0 unspecified atom stereocenters. The van der Waals surface area contributed by atoms with Crippen LogP contribution in [0.2, 0.25) is 10.0 Å². The lowest BCUT2D eigenvalue weighted by Crippen LogP contribution is -2.43. The van der Waals surface area contributed by atoms with Crippen LogP contribution in [0.15, 0.2) is 53.1 Å². The minimum Gasteiger partial charge on any atom is -0.477 e. The molecule has 0 aliphatic rings. The van der Waals surface area contributed by atoms with Crippen LogP contribution in [-0.4, -0.2) is 28.3 Å². The van der Waals surface area contributed by atoms with E-state index in [0.29, 0.717) is 27.3 Å². The van der Waals surface area contributed by atoms with Crippen molar-refractivity contribution in [2.75, 3.05) is 6.61 Å². The number of aromatic nitrogens is 1. The van der Waals surface area contributed by atoms with Gasteiger partial charge in [-0.25, -0.2) is 4.98 Å². The van der Waals surface area contributed by atoms with Crippen molar-refractivity contribution >= 4 is 40.7 Å². The molecule has 1 heterocycles. The van der Waals surface area contributed by atoms with Gasteiger partial charge in [-0.15, -0.1) is 0 Å². The number of oxazole rings is 1. The van der Waals surface area contributed by atoms with Crippen LogP contribution in [0, 0.1) is 10.1 Å². The van der Waals surface area contributed by atoms with Gasteiger partial charge in [0.15, 0.2) is 24.0 Å². The van der Waals surface area contributed by atoms with Crippen molar-refractivity contribution in [1.29, 1.82) is 0 Å². The summed E-state index contributed by atoms with van der Waals surface area (Å²) in [4.78, 5) is 38.2. The molecule has 0 atom stereocenters. The van der Waals surface area contributed by atoms with E-state index in [1.54, 1.807) is 18.2 Å². The number of benzene rings is 2. The Morgan fingerprint density at radius 3 is 2.62 bits per heavy atom. The van der Waals surface area contributed by atoms with Crippen molar-refractivity contribution in [3.05, 3.63) is 74.7 Å². The average molecular weight is 479 g/mol. The first-order valence-electron chi connectivity index (χ1n) is 9.17. The molecule has 0 radical (unpaired) electrons. The Morgan fingerprint density at radius 2 is 1.88 bits per heavy atom. The minimum atomic E-state index is -0.688. The highest BCUT2D eigenvalue weighted by Gasteiger charge is 2.16. The van der Waals surface area contributed by atoms with Crippen LogP contribution >= 0.6 is 23.2 Å². The Bertz CT molecular complexity index is 1150. The van der Waals surface area contributed by atoms with Crippen LogP contribution in [0.3, 0.4) is 0 Å². The smallest absolute Gasteiger partial charge is 0.310 e. The van der Waals surface area contributed by atoms with Crippen molar-refractivity contribution in [3.63, 3.8) is 0 Å². The van der Waals surface area contributed by atoms with Gasteiger partial charge in [0.2, 0.25) is 5.91 Å². The third-order valence-corrected chi connectivity index (χ3v) is 4.63. The van der Waals surface area contributed by atoms with E-state index in [0.717, 1.165) is 0 Å². The Balaban J connectivity index is 1.43. The summed E-state index contributed by atoms with van der Waals surface area (Å²) < 4.78 is 10.7. The Labute approximate surface area is 191 Å². The van der Waals surface area contributed by atoms with Crippen LogP contribution in [0.25, 0.3) is 11.3 Å². The highest BCUT2D eigenvalue weighted by molar-refractivity contribution is 6.36. The van der Waals surface area contributed by atoms with Crippen molar-refractivity contribution in [1.82, 2.24) is 15.8 Å². The fourth-order valence-corrected chi connectivity index (χ4v) is 3.07. The number of nitrogens with one attached hydrogen (secondary N) is 2. The molecule has 2 aromatic carbocycles. The van der Waals surface area contributed by atoms with E-state index in [-0.39, 0.29) is 24.3 Å². The number of rotatable bonds is 8. The van der Waals surface area contributed by atoms with E-state index in [4.69, 9.17) is 32.4 Å². The molecular weight excluding hydrogens is 463 g/mol. The lowest BCUT2D eigenvalue weighted by Gasteiger charge is -2.08. The Kier molecular flexibility index (Phi) is 7.63. The maximum atomic E-state index is 11.9. The second-order valence-corrected chi connectivity index (χ2v) is 7.20. The average Bonchev–Trinajstić information content (AvgIpc) is 3.23. The van der Waals surface area contributed by atoms with Crippen LogP contribution in [-0.2, 0) is 16.0 Å². The van der Waals surface area contributed by atoms with Gasteiger partial charge in [0.05, 0.1) is 16.1 Å². The SMILES string of the molecule is O=C(CCc1ncc(-c2ccc(Cl)cc2Cl)o1)NNC(=O)COc1ccccc1[N+](=O)[O-]. The normalized spacial score (nSPS) is 10.4. The predicted octanol–water partition coefficient (Wildman–Crippen LogP) is 3.72. The highest BCUT2D eigenvalue weighted by atomic mass is 35.5. The molecule has 0 bridgehead atoms. The van der Waals surface area contributed by atoms with Gasteiger partial charge in [-0.1, -0.05) is 35.3 Å². The maximum absolute atomic E-state index is 11.9. The fraction of sp³-hybridized carbons (Fsp3) is 0.150. The number of ether oxygens (including phenoxy) is 1. The third kappa shape index (κ3) is 6.19. The topological polar surface area (TPSA) is 137 Å². The molecule has 0 saturated heterocycles. The van der Waals surface area contributed by atoms with Gasteiger partial charge in [0.1, 0.15) is 0 Å². The molecule has 2 amide bonds. The van der Waals surface area contributed by atoms with Gasteiger partial charge in [-0.2, -0.15) is 0 Å². The molecule has 12 heteroatoms. The third-order valence-electron chi connectivity index (χ3n) is 4.08. The number of halogens is 2. The van der Waals surface area contributed by atoms with E-state index in [1.807, 2.05) is 0 Å². The van der Waals surface area contributed by atoms with Gasteiger partial charge < -0.3 is 9.15 Å². The summed E-state index contributed by atoms with van der Waals surface area (Å²) in [6.45, 7) is -0.518. The lowest BCUT2D eigenvalue weighted by atomic mass is 10.2. The van der Waals surface area contributed by atoms with E-state index in [1.165, 1.54) is 30.5 Å². The van der Waals surface area contributed by atoms with Crippen LogP contribution in [0.1, 0.15) is 12.3 Å². The second kappa shape index (κ2) is 10.6. The number of para-hydroxylation sites is 2. The number of nitro benzene ring substituents is 1. The van der Waals surface area contributed by atoms with E-state index < -0.39 is 23.3 Å². The standard InChI is InChI=1S/C20H16Cl2N4O6/c21-12-5-6-13(14(22)9-12)17-10-23-20(32-17)8-7-18(27)24-25-19(28)11-31-16-4-2-1-3-15(16)26(29)30/h1-6,9-10H,7-8,11H2,(H,24,27)(H,25,28). The molecule has 2 N–H and O–H groups in total. The fourth-order valence-electron chi connectivity index (χ4n) is 2.57. The van der Waals surface area contributed by atoms with Crippen LogP contribution < -0.4 is 15.6 Å². The van der Waals surface area contributed by atoms with Crippen molar-refractivity contribution in [3.8, 4) is 17.1 Å². The summed E-state index contributed by atoms with van der Waals surface area (Å²) in [6.07, 6.45) is 1.66. The molecule has 0 aliphatic carbocycles. The Morgan fingerprint density at radius 1 is 1.12 bits per heavy atom. The van der Waals surface area contributed by atoms with Crippen molar-refractivity contribution < 1.29 is 23.7 Å². The van der Waals surface area contributed by atoms with Crippen LogP contribution in [0.5, 0.6) is 5.75 Å². The number of hydrazine groups is 1. The number of amides is 2. The molecule has 1 aromatic heterocycles. The number of nitro groups is 1. The number of carbonyl (C=O) groups excluding carboxylic acids is 2. The summed E-state index contributed by atoms with van der Waals surface area (Å²) in [5, 5.41) is 11.8. The first-order chi connectivity index (χ1) is 15.3. The zero-order valence-electron chi connectivity index (χ0n) is 16.3. The molecule has 32 heavy (non-hydrogen) atoms. The largest absolute Gasteiger partial charge is 0.477 e. The first kappa shape index (κ1) is 23.0. The van der Waals surface area contributed by atoms with E-state index >= 15 is 0 Å². The van der Waals surface area contributed by atoms with Gasteiger partial charge in [-0.05, 0) is 24.3 Å². The van der Waals surface area contributed by atoms with Crippen LogP contribution in [0.4, 0.5) is 5.69 Å². The van der Waals surface area contributed by atoms with Crippen molar-refractivity contribution in [2.24, 2.45) is 0 Å². The predicted molar refractivity (Wildman–Crippen MR) is 115 cm³/mol. The van der Waals surface area contributed by atoms with E-state index in [2.05, 4.69) is 15.8 Å². The summed E-state index contributed by atoms with van der Waals surface area (Å²) in [5.74, 6) is -0.491. The first-order valence-corrected chi connectivity index (χ1v) is 9.93. The summed E-state index contributed by atoms with van der Waals surface area (Å²) in [6, 6.07) is 10.6.